The Balaban J connectivity index is 1.82. The lowest BCUT2D eigenvalue weighted by Crippen LogP contribution is -2.58. The maximum absolute atomic E-state index is 13.3. The van der Waals surface area contributed by atoms with E-state index in [-0.39, 0.29) is 18.0 Å². The lowest BCUT2D eigenvalue weighted by atomic mass is 10.1. The molecular formula is C12H16FN3O2. The molecule has 2 aliphatic heterocycles. The summed E-state index contributed by atoms with van der Waals surface area (Å²) in [5, 5.41) is 3.34. The molecule has 0 aliphatic carbocycles. The number of methoxy groups -OCH3 is 1. The number of nitrogens with one attached hydrogen (secondary N) is 1. The van der Waals surface area contributed by atoms with Crippen molar-refractivity contribution in [2.75, 3.05) is 38.2 Å². The van der Waals surface area contributed by atoms with Crippen molar-refractivity contribution in [1.29, 1.82) is 0 Å². The van der Waals surface area contributed by atoms with Crippen molar-refractivity contribution in [2.45, 2.75) is 12.2 Å². The zero-order valence-corrected chi connectivity index (χ0v) is 10.2. The molecule has 2 saturated heterocycles. The van der Waals surface area contributed by atoms with Gasteiger partial charge >= 0.3 is 0 Å². The Labute approximate surface area is 105 Å². The molecule has 0 aromatic carbocycles. The summed E-state index contributed by atoms with van der Waals surface area (Å²) < 4.78 is 24.1. The number of aromatic nitrogens is 1. The number of hydrogen-bond donors (Lipinski definition) is 1. The second kappa shape index (κ2) is 4.70. The molecule has 1 aromatic heterocycles. The van der Waals surface area contributed by atoms with Crippen molar-refractivity contribution in [3.05, 3.63) is 18.2 Å². The fourth-order valence-electron chi connectivity index (χ4n) is 2.50. The standard InChI is InChI=1S/C12H16FN3O2/c1-17-11-2-8(3-15-12(11)13)16-6-9-4-14-5-10(7-16)18-9/h2-3,9-10,14H,4-7H2,1H3. The minimum atomic E-state index is -0.573. The van der Waals surface area contributed by atoms with Gasteiger partial charge < -0.3 is 19.7 Å². The zero-order valence-electron chi connectivity index (χ0n) is 10.2. The summed E-state index contributed by atoms with van der Waals surface area (Å²) in [6.45, 7) is 3.30. The molecule has 1 aromatic rings. The second-order valence-electron chi connectivity index (χ2n) is 4.63. The Morgan fingerprint density at radius 3 is 2.83 bits per heavy atom. The van der Waals surface area contributed by atoms with Crippen molar-refractivity contribution in [1.82, 2.24) is 10.3 Å². The predicted octanol–water partition coefficient (Wildman–Crippen LogP) is 0.406. The summed E-state index contributed by atoms with van der Waals surface area (Å²) in [5.74, 6) is -0.390. The van der Waals surface area contributed by atoms with E-state index in [1.165, 1.54) is 7.11 Å². The zero-order chi connectivity index (χ0) is 12.5. The largest absolute Gasteiger partial charge is 0.492 e. The summed E-state index contributed by atoms with van der Waals surface area (Å²) in [7, 11) is 1.45. The third-order valence-electron chi connectivity index (χ3n) is 3.35. The van der Waals surface area contributed by atoms with Crippen molar-refractivity contribution < 1.29 is 13.9 Å². The van der Waals surface area contributed by atoms with Crippen molar-refractivity contribution in [3.8, 4) is 5.75 Å². The molecule has 0 saturated carbocycles. The minimum Gasteiger partial charge on any atom is -0.492 e. The lowest BCUT2D eigenvalue weighted by molar-refractivity contribution is -0.0484. The number of anilines is 1. The molecule has 2 fully saturated rings. The van der Waals surface area contributed by atoms with E-state index >= 15 is 0 Å². The van der Waals surface area contributed by atoms with Gasteiger partial charge in [0, 0.05) is 32.2 Å². The topological polar surface area (TPSA) is 46.6 Å². The fraction of sp³-hybridized carbons (Fsp3) is 0.583. The van der Waals surface area contributed by atoms with E-state index in [2.05, 4.69) is 15.2 Å². The Morgan fingerprint density at radius 2 is 2.17 bits per heavy atom. The normalized spacial score (nSPS) is 27.1. The molecule has 5 nitrogen and oxygen atoms in total. The highest BCUT2D eigenvalue weighted by molar-refractivity contribution is 5.49. The van der Waals surface area contributed by atoms with E-state index in [1.807, 2.05) is 0 Å². The van der Waals surface area contributed by atoms with Gasteiger partial charge in [-0.05, 0) is 0 Å². The Hall–Kier alpha value is -1.40. The predicted molar refractivity (Wildman–Crippen MR) is 64.5 cm³/mol. The number of nitrogens with zero attached hydrogens (tertiary/aromatic N) is 2. The molecular weight excluding hydrogens is 237 g/mol. The molecule has 0 spiro atoms. The fourth-order valence-corrected chi connectivity index (χ4v) is 2.50. The molecule has 2 bridgehead atoms. The van der Waals surface area contributed by atoms with Gasteiger partial charge in [-0.1, -0.05) is 0 Å². The van der Waals surface area contributed by atoms with Crippen LogP contribution in [0, 0.1) is 5.95 Å². The van der Waals surface area contributed by atoms with E-state index < -0.39 is 5.95 Å². The smallest absolute Gasteiger partial charge is 0.255 e. The number of morpholine rings is 2. The van der Waals surface area contributed by atoms with Crippen LogP contribution in [0.25, 0.3) is 0 Å². The van der Waals surface area contributed by atoms with Crippen LogP contribution in [0.4, 0.5) is 10.1 Å². The molecule has 1 N–H and O–H groups in total. The van der Waals surface area contributed by atoms with E-state index in [1.54, 1.807) is 12.3 Å². The van der Waals surface area contributed by atoms with Crippen LogP contribution in [0.1, 0.15) is 0 Å². The van der Waals surface area contributed by atoms with Crippen molar-refractivity contribution in [2.24, 2.45) is 0 Å². The lowest BCUT2D eigenvalue weighted by Gasteiger charge is -2.42. The van der Waals surface area contributed by atoms with Gasteiger partial charge in [0.2, 0.25) is 0 Å². The molecule has 3 rings (SSSR count). The highest BCUT2D eigenvalue weighted by atomic mass is 19.1. The van der Waals surface area contributed by atoms with Crippen LogP contribution in [0.2, 0.25) is 0 Å². The second-order valence-corrected chi connectivity index (χ2v) is 4.63. The number of hydrogen-bond acceptors (Lipinski definition) is 5. The summed E-state index contributed by atoms with van der Waals surface area (Å²) in [5.41, 5.74) is 0.883. The van der Waals surface area contributed by atoms with Crippen LogP contribution in [0.5, 0.6) is 5.75 Å². The van der Waals surface area contributed by atoms with Crippen LogP contribution in [0.15, 0.2) is 12.3 Å². The first-order chi connectivity index (χ1) is 8.76. The SMILES string of the molecule is COc1cc(N2CC3CNCC(C2)O3)cnc1F. The molecule has 2 atom stereocenters. The number of pyridine rings is 1. The van der Waals surface area contributed by atoms with Gasteiger partial charge in [0.05, 0.1) is 31.2 Å². The number of fused-ring (bicyclic) bond motifs is 2. The molecule has 2 unspecified atom stereocenters. The van der Waals surface area contributed by atoms with Crippen LogP contribution in [-0.4, -0.2) is 50.5 Å². The third kappa shape index (κ3) is 2.13. The van der Waals surface area contributed by atoms with Crippen molar-refractivity contribution in [3.63, 3.8) is 0 Å². The number of ether oxygens (including phenoxy) is 2. The monoisotopic (exact) mass is 253 g/mol. The third-order valence-corrected chi connectivity index (χ3v) is 3.35. The van der Waals surface area contributed by atoms with Gasteiger partial charge in [-0.2, -0.15) is 4.39 Å². The van der Waals surface area contributed by atoms with Gasteiger partial charge in [0.25, 0.3) is 5.95 Å². The average molecular weight is 253 g/mol. The molecule has 6 heteroatoms. The Bertz CT molecular complexity index is 431. The highest BCUT2D eigenvalue weighted by Gasteiger charge is 2.31. The van der Waals surface area contributed by atoms with Gasteiger partial charge in [0.15, 0.2) is 5.75 Å². The summed E-state index contributed by atoms with van der Waals surface area (Å²) in [4.78, 5) is 5.90. The minimum absolute atomic E-state index is 0.183. The van der Waals surface area contributed by atoms with Gasteiger partial charge in [-0.15, -0.1) is 0 Å². The molecule has 0 amide bonds. The summed E-state index contributed by atoms with van der Waals surface area (Å²) >= 11 is 0. The van der Waals surface area contributed by atoms with Crippen LogP contribution >= 0.6 is 0 Å². The number of rotatable bonds is 2. The Morgan fingerprint density at radius 1 is 1.44 bits per heavy atom. The van der Waals surface area contributed by atoms with Gasteiger partial charge in [0.1, 0.15) is 0 Å². The first-order valence-electron chi connectivity index (χ1n) is 6.07. The van der Waals surface area contributed by atoms with Crippen molar-refractivity contribution >= 4 is 5.69 Å². The maximum atomic E-state index is 13.3. The molecule has 3 heterocycles. The van der Waals surface area contributed by atoms with E-state index in [9.17, 15) is 4.39 Å². The summed E-state index contributed by atoms with van der Waals surface area (Å²) in [6.07, 6.45) is 1.92. The molecule has 18 heavy (non-hydrogen) atoms. The summed E-state index contributed by atoms with van der Waals surface area (Å²) in [6, 6.07) is 1.69. The molecule has 0 radical (unpaired) electrons. The number of halogens is 1. The first kappa shape index (κ1) is 11.7. The molecule has 98 valence electrons. The van der Waals surface area contributed by atoms with Crippen LogP contribution in [0.3, 0.4) is 0 Å². The van der Waals surface area contributed by atoms with Gasteiger partial charge in [-0.3, -0.25) is 0 Å². The first-order valence-corrected chi connectivity index (χ1v) is 6.07. The van der Waals surface area contributed by atoms with Crippen LogP contribution < -0.4 is 15.0 Å². The average Bonchev–Trinajstić information content (AvgIpc) is 2.39. The maximum Gasteiger partial charge on any atom is 0.255 e. The van der Waals surface area contributed by atoms with E-state index in [4.69, 9.17) is 9.47 Å². The Kier molecular flexibility index (Phi) is 3.05. The van der Waals surface area contributed by atoms with E-state index in [0.717, 1.165) is 31.9 Å². The van der Waals surface area contributed by atoms with E-state index in [0.29, 0.717) is 0 Å². The van der Waals surface area contributed by atoms with Crippen LogP contribution in [-0.2, 0) is 4.74 Å². The van der Waals surface area contributed by atoms with Gasteiger partial charge in [-0.25, -0.2) is 4.98 Å². The quantitative estimate of drug-likeness (QED) is 0.773. The highest BCUT2D eigenvalue weighted by Crippen LogP contribution is 2.25. The molecule has 2 aliphatic rings.